The molecule has 0 fully saturated rings. The number of para-hydroxylation sites is 1. The topological polar surface area (TPSA) is 55.2 Å². The summed E-state index contributed by atoms with van der Waals surface area (Å²) in [4.78, 5) is 0.180. The monoisotopic (exact) mass is 479 g/mol. The summed E-state index contributed by atoms with van der Waals surface area (Å²) in [5.74, 6) is 0. The van der Waals surface area contributed by atoms with E-state index in [1.54, 1.807) is 10.9 Å². The molecule has 0 bridgehead atoms. The van der Waals surface area contributed by atoms with Crippen molar-refractivity contribution < 1.29 is 8.42 Å². The molecule has 1 heterocycles. The Morgan fingerprint density at radius 2 is 1.17 bits per heavy atom. The van der Waals surface area contributed by atoms with Crippen molar-refractivity contribution in [1.29, 1.82) is 0 Å². The first-order chi connectivity index (χ1) is 17.1. The Labute approximate surface area is 206 Å². The predicted octanol–water partition coefficient (Wildman–Crippen LogP) is 5.99. The Hall–Kier alpha value is -4.16. The van der Waals surface area contributed by atoms with Crippen LogP contribution in [0.5, 0.6) is 0 Å². The molecule has 0 amide bonds. The molecule has 0 saturated carbocycles. The highest BCUT2D eigenvalue weighted by atomic mass is 32.2. The standard InChI is InChI=1S/C29H25N3O2S/c33-35(34,32(27-19-11-4-12-20-27)22-25-15-7-2-8-16-25)28-23-31(21-24-13-5-1-6-14-24)30-29(28)26-17-9-3-10-18-26/h1-20,23H,21-22H2. The summed E-state index contributed by atoms with van der Waals surface area (Å²) in [5.41, 5.74) is 3.74. The smallest absolute Gasteiger partial charge is 0.266 e. The second kappa shape index (κ2) is 9.99. The number of rotatable bonds is 8. The van der Waals surface area contributed by atoms with Crippen LogP contribution in [0.1, 0.15) is 11.1 Å². The summed E-state index contributed by atoms with van der Waals surface area (Å²) in [6, 6.07) is 38.2. The van der Waals surface area contributed by atoms with Crippen LogP contribution in [0.25, 0.3) is 11.3 Å². The predicted molar refractivity (Wildman–Crippen MR) is 139 cm³/mol. The van der Waals surface area contributed by atoms with E-state index in [2.05, 4.69) is 0 Å². The van der Waals surface area contributed by atoms with Gasteiger partial charge in [-0.3, -0.25) is 8.99 Å². The number of sulfonamides is 1. The van der Waals surface area contributed by atoms with Gasteiger partial charge < -0.3 is 0 Å². The number of nitrogens with zero attached hydrogens (tertiary/aromatic N) is 3. The normalized spacial score (nSPS) is 11.3. The highest BCUT2D eigenvalue weighted by Gasteiger charge is 2.31. The van der Waals surface area contributed by atoms with Gasteiger partial charge in [-0.15, -0.1) is 0 Å². The minimum Gasteiger partial charge on any atom is -0.266 e. The molecule has 0 spiro atoms. The Balaban J connectivity index is 1.63. The summed E-state index contributed by atoms with van der Waals surface area (Å²) in [6.07, 6.45) is 1.64. The van der Waals surface area contributed by atoms with Crippen molar-refractivity contribution in [3.63, 3.8) is 0 Å². The van der Waals surface area contributed by atoms with E-state index >= 15 is 0 Å². The molecular weight excluding hydrogens is 454 g/mol. The molecule has 0 aliphatic heterocycles. The molecule has 5 rings (SSSR count). The van der Waals surface area contributed by atoms with E-state index in [1.807, 2.05) is 121 Å². The molecule has 0 aliphatic carbocycles. The first kappa shape index (κ1) is 22.6. The SMILES string of the molecule is O=S(=O)(c1cn(Cc2ccccc2)nc1-c1ccccc1)N(Cc1ccccc1)c1ccccc1. The van der Waals surface area contributed by atoms with E-state index in [0.29, 0.717) is 17.9 Å². The third-order valence-corrected chi connectivity index (χ3v) is 7.52. The molecule has 35 heavy (non-hydrogen) atoms. The van der Waals surface area contributed by atoms with Gasteiger partial charge in [0, 0.05) is 11.8 Å². The molecule has 6 heteroatoms. The fourth-order valence-electron chi connectivity index (χ4n) is 4.02. The first-order valence-electron chi connectivity index (χ1n) is 11.4. The highest BCUT2D eigenvalue weighted by molar-refractivity contribution is 7.93. The lowest BCUT2D eigenvalue weighted by atomic mass is 10.2. The molecule has 4 aromatic carbocycles. The van der Waals surface area contributed by atoms with Crippen LogP contribution in [-0.4, -0.2) is 18.2 Å². The number of benzene rings is 4. The lowest BCUT2D eigenvalue weighted by Gasteiger charge is -2.24. The molecule has 1 aromatic heterocycles. The van der Waals surface area contributed by atoms with Crippen molar-refractivity contribution >= 4 is 15.7 Å². The maximum Gasteiger partial charge on any atom is 0.268 e. The zero-order valence-corrected chi connectivity index (χ0v) is 19.9. The van der Waals surface area contributed by atoms with Crippen LogP contribution in [0.4, 0.5) is 5.69 Å². The quantitative estimate of drug-likeness (QED) is 0.275. The maximum atomic E-state index is 14.3. The molecular formula is C29H25N3O2S. The zero-order chi connectivity index (χ0) is 24.1. The third-order valence-electron chi connectivity index (χ3n) is 5.74. The second-order valence-corrected chi connectivity index (χ2v) is 10.1. The Bertz CT molecular complexity index is 1490. The van der Waals surface area contributed by atoms with Crippen molar-refractivity contribution in [2.45, 2.75) is 18.0 Å². The average Bonchev–Trinajstić information content (AvgIpc) is 3.34. The summed E-state index contributed by atoms with van der Waals surface area (Å²) < 4.78 is 31.7. The molecule has 0 aliphatic rings. The summed E-state index contributed by atoms with van der Waals surface area (Å²) in [5, 5.41) is 4.74. The Morgan fingerprint density at radius 3 is 1.77 bits per heavy atom. The van der Waals surface area contributed by atoms with Crippen LogP contribution < -0.4 is 4.31 Å². The molecule has 0 saturated heterocycles. The summed E-state index contributed by atoms with van der Waals surface area (Å²) in [7, 11) is -3.95. The van der Waals surface area contributed by atoms with Crippen LogP contribution in [0.15, 0.2) is 132 Å². The summed E-state index contributed by atoms with van der Waals surface area (Å²) >= 11 is 0. The van der Waals surface area contributed by atoms with E-state index in [-0.39, 0.29) is 11.4 Å². The zero-order valence-electron chi connectivity index (χ0n) is 19.1. The molecule has 0 unspecified atom stereocenters. The number of anilines is 1. The van der Waals surface area contributed by atoms with Crippen LogP contribution in [0.3, 0.4) is 0 Å². The number of hydrogen-bond acceptors (Lipinski definition) is 3. The highest BCUT2D eigenvalue weighted by Crippen LogP contribution is 2.32. The molecule has 0 radical (unpaired) electrons. The van der Waals surface area contributed by atoms with Gasteiger partial charge in [0.05, 0.1) is 18.8 Å². The third kappa shape index (κ3) is 5.03. The minimum absolute atomic E-state index is 0.180. The van der Waals surface area contributed by atoms with Gasteiger partial charge in [0.1, 0.15) is 10.6 Å². The van der Waals surface area contributed by atoms with Gasteiger partial charge in [0.2, 0.25) is 0 Å². The van der Waals surface area contributed by atoms with E-state index in [9.17, 15) is 8.42 Å². The van der Waals surface area contributed by atoms with Gasteiger partial charge in [0.25, 0.3) is 10.0 Å². The van der Waals surface area contributed by atoms with Crippen molar-refractivity contribution in [2.24, 2.45) is 0 Å². The van der Waals surface area contributed by atoms with E-state index < -0.39 is 10.0 Å². The van der Waals surface area contributed by atoms with E-state index in [4.69, 9.17) is 5.10 Å². The minimum atomic E-state index is -3.95. The Kier molecular flexibility index (Phi) is 6.46. The van der Waals surface area contributed by atoms with Gasteiger partial charge in [-0.05, 0) is 23.3 Å². The van der Waals surface area contributed by atoms with Crippen LogP contribution in [0, 0.1) is 0 Å². The van der Waals surface area contributed by atoms with Gasteiger partial charge in [-0.25, -0.2) is 8.42 Å². The van der Waals surface area contributed by atoms with Crippen LogP contribution >= 0.6 is 0 Å². The molecule has 0 N–H and O–H groups in total. The van der Waals surface area contributed by atoms with Crippen LogP contribution in [0.2, 0.25) is 0 Å². The molecule has 0 atom stereocenters. The van der Waals surface area contributed by atoms with Crippen molar-refractivity contribution in [3.8, 4) is 11.3 Å². The molecule has 5 aromatic rings. The fourth-order valence-corrected chi connectivity index (χ4v) is 5.63. The van der Waals surface area contributed by atoms with Crippen molar-refractivity contribution in [1.82, 2.24) is 9.78 Å². The summed E-state index contributed by atoms with van der Waals surface area (Å²) in [6.45, 7) is 0.686. The fraction of sp³-hybridized carbons (Fsp3) is 0.0690. The van der Waals surface area contributed by atoms with Crippen molar-refractivity contribution in [2.75, 3.05) is 4.31 Å². The van der Waals surface area contributed by atoms with Gasteiger partial charge in [0.15, 0.2) is 0 Å². The first-order valence-corrected chi connectivity index (χ1v) is 12.8. The molecule has 174 valence electrons. The van der Waals surface area contributed by atoms with Gasteiger partial charge >= 0.3 is 0 Å². The van der Waals surface area contributed by atoms with Crippen molar-refractivity contribution in [3.05, 3.63) is 139 Å². The second-order valence-electron chi connectivity index (χ2n) is 8.22. The maximum absolute atomic E-state index is 14.3. The van der Waals surface area contributed by atoms with Crippen LogP contribution in [-0.2, 0) is 23.1 Å². The number of aromatic nitrogens is 2. The lowest BCUT2D eigenvalue weighted by Crippen LogP contribution is -2.30. The number of hydrogen-bond donors (Lipinski definition) is 0. The Morgan fingerprint density at radius 1 is 0.657 bits per heavy atom. The largest absolute Gasteiger partial charge is 0.268 e. The van der Waals surface area contributed by atoms with E-state index in [0.717, 1.165) is 16.7 Å². The van der Waals surface area contributed by atoms with Gasteiger partial charge in [-0.1, -0.05) is 109 Å². The lowest BCUT2D eigenvalue weighted by molar-refractivity contribution is 0.590. The van der Waals surface area contributed by atoms with Gasteiger partial charge in [-0.2, -0.15) is 5.10 Å². The average molecular weight is 480 g/mol. The molecule has 5 nitrogen and oxygen atoms in total. The van der Waals surface area contributed by atoms with E-state index in [1.165, 1.54) is 4.31 Å².